The Labute approximate surface area is 147 Å². The van der Waals surface area contributed by atoms with E-state index in [0.29, 0.717) is 0 Å². The van der Waals surface area contributed by atoms with Crippen LogP contribution in [-0.4, -0.2) is 16.9 Å². The molecule has 0 radical (unpaired) electrons. The first kappa shape index (κ1) is 16.7. The second-order valence-corrected chi connectivity index (χ2v) is 5.97. The molecule has 1 aliphatic carbocycles. The maximum atomic E-state index is 11.9. The number of carbonyl (C=O) groups excluding carboxylic acids is 1. The fourth-order valence-corrected chi connectivity index (χ4v) is 2.39. The largest absolute Gasteiger partial charge is 0.456 e. The number of hydrogen-bond donors (Lipinski definition) is 1. The quantitative estimate of drug-likeness (QED) is 0.380. The van der Waals surface area contributed by atoms with Crippen LogP contribution in [0, 0.1) is 21.4 Å². The van der Waals surface area contributed by atoms with E-state index in [1.165, 1.54) is 36.4 Å². The van der Waals surface area contributed by atoms with Gasteiger partial charge in [0.2, 0.25) is 0 Å². The molecule has 126 valence electrons. The molecule has 0 atom stereocenters. The average molecular weight is 358 g/mol. The van der Waals surface area contributed by atoms with Crippen LogP contribution < -0.4 is 5.32 Å². The van der Waals surface area contributed by atoms with Gasteiger partial charge in [-0.15, -0.1) is 0 Å². The highest BCUT2D eigenvalue weighted by Gasteiger charge is 2.25. The number of furan rings is 1. The summed E-state index contributed by atoms with van der Waals surface area (Å²) in [6, 6.07) is 9.28. The van der Waals surface area contributed by atoms with Crippen LogP contribution in [-0.2, 0) is 4.79 Å². The molecule has 1 aliphatic rings. The predicted molar refractivity (Wildman–Crippen MR) is 90.6 cm³/mol. The zero-order valence-electron chi connectivity index (χ0n) is 12.9. The number of halogens is 1. The number of hydrogen-bond acceptors (Lipinski definition) is 5. The lowest BCUT2D eigenvalue weighted by Crippen LogP contribution is -2.26. The summed E-state index contributed by atoms with van der Waals surface area (Å²) in [4.78, 5) is 22.6. The van der Waals surface area contributed by atoms with Crippen molar-refractivity contribution in [1.82, 2.24) is 5.32 Å². The van der Waals surface area contributed by atoms with Gasteiger partial charge < -0.3 is 9.73 Å². The van der Waals surface area contributed by atoms with Crippen LogP contribution in [0.2, 0.25) is 5.02 Å². The number of nitro groups is 1. The minimum Gasteiger partial charge on any atom is -0.456 e. The van der Waals surface area contributed by atoms with Crippen molar-refractivity contribution in [2.24, 2.45) is 0 Å². The molecule has 3 rings (SSSR count). The minimum atomic E-state index is -0.553. The van der Waals surface area contributed by atoms with Crippen molar-refractivity contribution in [2.45, 2.75) is 18.9 Å². The Hall–Kier alpha value is -3.11. The highest BCUT2D eigenvalue weighted by molar-refractivity contribution is 6.30. The van der Waals surface area contributed by atoms with Gasteiger partial charge in [0.25, 0.3) is 11.6 Å². The van der Waals surface area contributed by atoms with E-state index in [2.05, 4.69) is 5.32 Å². The molecule has 8 heteroatoms. The molecule has 1 saturated carbocycles. The summed E-state index contributed by atoms with van der Waals surface area (Å²) in [6.07, 6.45) is 3.13. The lowest BCUT2D eigenvalue weighted by Gasteiger charge is -2.01. The van der Waals surface area contributed by atoms with Crippen molar-refractivity contribution in [1.29, 1.82) is 5.26 Å². The Morgan fingerprint density at radius 3 is 2.80 bits per heavy atom. The number of nitro benzene ring substituents is 1. The number of rotatable bonds is 5. The fraction of sp³-hybridized carbons (Fsp3) is 0.176. The Morgan fingerprint density at radius 1 is 1.40 bits per heavy atom. The molecule has 1 N–H and O–H groups in total. The number of nitrogens with one attached hydrogen (secondary N) is 1. The first-order valence-electron chi connectivity index (χ1n) is 7.44. The monoisotopic (exact) mass is 357 g/mol. The van der Waals surface area contributed by atoms with Gasteiger partial charge in [0, 0.05) is 23.2 Å². The number of nitriles is 1. The Bertz CT molecular complexity index is 922. The molecule has 0 aliphatic heterocycles. The molecule has 0 spiro atoms. The van der Waals surface area contributed by atoms with Gasteiger partial charge in [-0.3, -0.25) is 14.9 Å². The highest BCUT2D eigenvalue weighted by atomic mass is 35.5. The van der Waals surface area contributed by atoms with Gasteiger partial charge in [0.05, 0.1) is 10.5 Å². The van der Waals surface area contributed by atoms with Crippen LogP contribution in [0.4, 0.5) is 5.69 Å². The van der Waals surface area contributed by atoms with E-state index in [4.69, 9.17) is 21.3 Å². The molecule has 1 amide bonds. The first-order valence-corrected chi connectivity index (χ1v) is 7.82. The number of nitrogens with zero attached hydrogens (tertiary/aromatic N) is 2. The third-order valence-electron chi connectivity index (χ3n) is 3.61. The number of amides is 1. The maximum Gasteiger partial charge on any atom is 0.281 e. The molecule has 1 aromatic heterocycles. The molecule has 7 nitrogen and oxygen atoms in total. The molecule has 0 saturated heterocycles. The third kappa shape index (κ3) is 3.87. The molecule has 2 aromatic rings. The Balaban J connectivity index is 1.90. The molecule has 0 bridgehead atoms. The number of benzene rings is 1. The van der Waals surface area contributed by atoms with E-state index in [9.17, 15) is 14.9 Å². The molecule has 25 heavy (non-hydrogen) atoms. The van der Waals surface area contributed by atoms with Gasteiger partial charge >= 0.3 is 0 Å². The minimum absolute atomic E-state index is 0.0848. The molecule has 1 aromatic carbocycles. The molecular weight excluding hydrogens is 346 g/mol. The van der Waals surface area contributed by atoms with Gasteiger partial charge in [0.1, 0.15) is 23.2 Å². The third-order valence-corrected chi connectivity index (χ3v) is 3.85. The van der Waals surface area contributed by atoms with E-state index in [0.717, 1.165) is 12.8 Å². The summed E-state index contributed by atoms with van der Waals surface area (Å²) in [7, 11) is 0. The predicted octanol–water partition coefficient (Wildman–Crippen LogP) is 3.69. The van der Waals surface area contributed by atoms with Crippen LogP contribution in [0.1, 0.15) is 18.6 Å². The van der Waals surface area contributed by atoms with Crippen molar-refractivity contribution >= 4 is 29.3 Å². The van der Waals surface area contributed by atoms with Crippen LogP contribution in [0.5, 0.6) is 0 Å². The van der Waals surface area contributed by atoms with Crippen LogP contribution >= 0.6 is 11.6 Å². The van der Waals surface area contributed by atoms with Crippen LogP contribution in [0.25, 0.3) is 17.4 Å². The van der Waals surface area contributed by atoms with E-state index < -0.39 is 10.8 Å². The summed E-state index contributed by atoms with van der Waals surface area (Å²) in [5, 5.41) is 23.3. The summed E-state index contributed by atoms with van der Waals surface area (Å²) in [5.74, 6) is 0.0386. The topological polar surface area (TPSA) is 109 Å². The summed E-state index contributed by atoms with van der Waals surface area (Å²) >= 11 is 5.80. The second-order valence-electron chi connectivity index (χ2n) is 5.54. The van der Waals surface area contributed by atoms with E-state index >= 15 is 0 Å². The van der Waals surface area contributed by atoms with Gasteiger partial charge in [-0.1, -0.05) is 11.6 Å². The zero-order valence-corrected chi connectivity index (χ0v) is 13.6. The Morgan fingerprint density at radius 2 is 2.16 bits per heavy atom. The fourth-order valence-electron chi connectivity index (χ4n) is 2.22. The molecule has 1 heterocycles. The zero-order chi connectivity index (χ0) is 18.0. The van der Waals surface area contributed by atoms with E-state index in [1.807, 2.05) is 6.07 Å². The van der Waals surface area contributed by atoms with Gasteiger partial charge in [-0.05, 0) is 37.1 Å². The van der Waals surface area contributed by atoms with Crippen molar-refractivity contribution in [3.05, 3.63) is 56.8 Å². The highest BCUT2D eigenvalue weighted by Crippen LogP contribution is 2.33. The lowest BCUT2D eigenvalue weighted by molar-refractivity contribution is -0.384. The lowest BCUT2D eigenvalue weighted by atomic mass is 10.1. The Kier molecular flexibility index (Phi) is 4.55. The van der Waals surface area contributed by atoms with Crippen LogP contribution in [0.15, 0.2) is 40.3 Å². The van der Waals surface area contributed by atoms with Crippen molar-refractivity contribution in [3.63, 3.8) is 0 Å². The smallest absolute Gasteiger partial charge is 0.281 e. The van der Waals surface area contributed by atoms with Gasteiger partial charge in [-0.25, -0.2) is 0 Å². The van der Waals surface area contributed by atoms with E-state index in [-0.39, 0.29) is 39.4 Å². The molecule has 0 unspecified atom stereocenters. The average Bonchev–Trinajstić information content (AvgIpc) is 3.27. The second kappa shape index (κ2) is 6.79. The summed E-state index contributed by atoms with van der Waals surface area (Å²) in [6.45, 7) is 0. The van der Waals surface area contributed by atoms with Crippen molar-refractivity contribution in [3.8, 4) is 17.4 Å². The summed E-state index contributed by atoms with van der Waals surface area (Å²) < 4.78 is 5.55. The van der Waals surface area contributed by atoms with Gasteiger partial charge in [-0.2, -0.15) is 5.26 Å². The van der Waals surface area contributed by atoms with Gasteiger partial charge in [0.15, 0.2) is 0 Å². The summed E-state index contributed by atoms with van der Waals surface area (Å²) in [5.41, 5.74) is -0.0160. The molecule has 1 fully saturated rings. The standard InChI is InChI=1S/C17H12ClN3O4/c18-11-1-5-14(15(8-11)21(23)24)16-6-4-13(25-16)7-10(9-19)17(22)20-12-2-3-12/h1,4-8,12H,2-3H2,(H,20,22)/b10-7+. The van der Waals surface area contributed by atoms with Crippen molar-refractivity contribution in [2.75, 3.05) is 0 Å². The van der Waals surface area contributed by atoms with Crippen LogP contribution in [0.3, 0.4) is 0 Å². The normalized spacial score (nSPS) is 14.0. The molecular formula is C17H12ClN3O4. The first-order chi connectivity index (χ1) is 12.0. The number of carbonyl (C=O) groups is 1. The maximum absolute atomic E-state index is 11.9. The van der Waals surface area contributed by atoms with E-state index in [1.54, 1.807) is 0 Å². The van der Waals surface area contributed by atoms with Crippen molar-refractivity contribution < 1.29 is 14.1 Å². The SMILES string of the molecule is N#C/C(=C\c1ccc(-c2ccc(Cl)cc2[N+](=O)[O-])o1)C(=O)NC1CC1.